The zero-order valence-corrected chi connectivity index (χ0v) is 12.9. The number of fused-ring (bicyclic) bond motifs is 2. The van der Waals surface area contributed by atoms with Gasteiger partial charge in [-0.3, -0.25) is 14.6 Å². The predicted octanol–water partition coefficient (Wildman–Crippen LogP) is 1.94. The number of amides is 1. The molecule has 3 rings (SSSR count). The van der Waals surface area contributed by atoms with Crippen LogP contribution in [0.15, 0.2) is 24.5 Å². The van der Waals surface area contributed by atoms with Gasteiger partial charge in [0.2, 0.25) is 5.91 Å². The first kappa shape index (κ1) is 15.6. The third kappa shape index (κ3) is 3.25. The molecule has 2 fully saturated rings. The van der Waals surface area contributed by atoms with Gasteiger partial charge in [-0.15, -0.1) is 0 Å². The van der Waals surface area contributed by atoms with Crippen LogP contribution in [0.25, 0.3) is 6.08 Å². The fraction of sp³-hybridized carbons (Fsp3) is 0.471. The Morgan fingerprint density at radius 2 is 2.13 bits per heavy atom. The van der Waals surface area contributed by atoms with Crippen LogP contribution in [0.3, 0.4) is 0 Å². The van der Waals surface area contributed by atoms with E-state index in [2.05, 4.69) is 10.3 Å². The Bertz CT molecular complexity index is 646. The lowest BCUT2D eigenvalue weighted by Crippen LogP contribution is -2.46. The minimum Gasteiger partial charge on any atom is -0.469 e. The second-order valence-corrected chi connectivity index (χ2v) is 6.19. The Balaban J connectivity index is 1.66. The molecule has 1 amide bonds. The number of aromatic nitrogens is 1. The number of nitrogens with one attached hydrogen (secondary N) is 1. The van der Waals surface area contributed by atoms with Gasteiger partial charge in [0.15, 0.2) is 0 Å². The molecule has 23 heavy (non-hydrogen) atoms. The number of rotatable bonds is 4. The summed E-state index contributed by atoms with van der Waals surface area (Å²) in [5.41, 5.74) is 0.512. The highest BCUT2D eigenvalue weighted by Crippen LogP contribution is 2.48. The zero-order chi connectivity index (χ0) is 16.4. The maximum absolute atomic E-state index is 13.1. The van der Waals surface area contributed by atoms with E-state index >= 15 is 0 Å². The van der Waals surface area contributed by atoms with E-state index in [-0.39, 0.29) is 23.8 Å². The van der Waals surface area contributed by atoms with Crippen molar-refractivity contribution < 1.29 is 18.7 Å². The van der Waals surface area contributed by atoms with Crippen LogP contribution in [0.4, 0.5) is 4.39 Å². The smallest absolute Gasteiger partial charge is 0.311 e. The van der Waals surface area contributed by atoms with Crippen molar-refractivity contribution in [3.8, 4) is 0 Å². The largest absolute Gasteiger partial charge is 0.469 e. The summed E-state index contributed by atoms with van der Waals surface area (Å²) in [6, 6.07) is 1.12. The number of carbonyl (C=O) groups excluding carboxylic acids is 2. The van der Waals surface area contributed by atoms with E-state index in [0.717, 1.165) is 25.5 Å². The molecule has 2 bridgehead atoms. The lowest BCUT2D eigenvalue weighted by atomic mass is 9.84. The van der Waals surface area contributed by atoms with Gasteiger partial charge < -0.3 is 10.1 Å². The van der Waals surface area contributed by atoms with Crippen LogP contribution in [0.5, 0.6) is 0 Å². The number of esters is 1. The molecule has 1 heterocycles. The Labute approximate surface area is 133 Å². The summed E-state index contributed by atoms with van der Waals surface area (Å²) in [6.45, 7) is 0. The van der Waals surface area contributed by atoms with E-state index in [1.807, 2.05) is 0 Å². The summed E-state index contributed by atoms with van der Waals surface area (Å²) in [5.74, 6) is -0.619. The van der Waals surface area contributed by atoms with Crippen molar-refractivity contribution in [2.45, 2.75) is 25.3 Å². The topological polar surface area (TPSA) is 68.3 Å². The number of nitrogens with zero attached hydrogens (tertiary/aromatic N) is 1. The fourth-order valence-electron chi connectivity index (χ4n) is 3.88. The van der Waals surface area contributed by atoms with E-state index in [1.54, 1.807) is 0 Å². The standard InChI is InChI=1S/C17H19FN2O3/c1-23-17(22)15-11-3-4-12(7-11)16(15)20-14(21)5-2-10-6-13(18)9-19-8-10/h2,5-6,8-9,11-12,15-16H,3-4,7H2,1H3,(H,20,21)/b5-2+/t11-,12-,15+,16-/m0/s1. The van der Waals surface area contributed by atoms with E-state index in [9.17, 15) is 14.0 Å². The zero-order valence-electron chi connectivity index (χ0n) is 12.9. The minimum atomic E-state index is -0.452. The number of hydrogen-bond acceptors (Lipinski definition) is 4. The van der Waals surface area contributed by atoms with Crippen molar-refractivity contribution in [3.63, 3.8) is 0 Å². The first-order chi connectivity index (χ1) is 11.1. The molecule has 0 spiro atoms. The summed E-state index contributed by atoms with van der Waals surface area (Å²) in [6.07, 6.45) is 8.43. The molecule has 0 saturated heterocycles. The highest BCUT2D eigenvalue weighted by Gasteiger charge is 2.51. The lowest BCUT2D eigenvalue weighted by molar-refractivity contribution is -0.148. The lowest BCUT2D eigenvalue weighted by Gasteiger charge is -2.29. The molecule has 5 nitrogen and oxygen atoms in total. The van der Waals surface area contributed by atoms with Crippen LogP contribution >= 0.6 is 0 Å². The van der Waals surface area contributed by atoms with Crippen LogP contribution in [0.1, 0.15) is 24.8 Å². The number of ether oxygens (including phenoxy) is 1. The van der Waals surface area contributed by atoms with Gasteiger partial charge in [0.25, 0.3) is 0 Å². The maximum Gasteiger partial charge on any atom is 0.311 e. The number of halogens is 1. The first-order valence-corrected chi connectivity index (χ1v) is 7.75. The second-order valence-electron chi connectivity index (χ2n) is 6.19. The van der Waals surface area contributed by atoms with Crippen molar-refractivity contribution in [3.05, 3.63) is 35.9 Å². The molecular weight excluding hydrogens is 299 g/mol. The van der Waals surface area contributed by atoms with Crippen LogP contribution in [-0.2, 0) is 14.3 Å². The van der Waals surface area contributed by atoms with Gasteiger partial charge in [-0.05, 0) is 48.8 Å². The third-order valence-corrected chi connectivity index (χ3v) is 4.85. The third-order valence-electron chi connectivity index (χ3n) is 4.85. The Morgan fingerprint density at radius 1 is 1.35 bits per heavy atom. The van der Waals surface area contributed by atoms with Crippen LogP contribution in [-0.4, -0.2) is 30.0 Å². The van der Waals surface area contributed by atoms with Crippen molar-refractivity contribution in [1.82, 2.24) is 10.3 Å². The Hall–Kier alpha value is -2.24. The van der Waals surface area contributed by atoms with Crippen molar-refractivity contribution >= 4 is 18.0 Å². The molecule has 122 valence electrons. The van der Waals surface area contributed by atoms with Gasteiger partial charge >= 0.3 is 5.97 Å². The molecule has 4 atom stereocenters. The Morgan fingerprint density at radius 3 is 2.87 bits per heavy atom. The van der Waals surface area contributed by atoms with Crippen LogP contribution in [0.2, 0.25) is 0 Å². The molecular formula is C17H19FN2O3. The van der Waals surface area contributed by atoms with Crippen molar-refractivity contribution in [2.24, 2.45) is 17.8 Å². The van der Waals surface area contributed by atoms with Crippen molar-refractivity contribution in [1.29, 1.82) is 0 Å². The summed E-state index contributed by atoms with van der Waals surface area (Å²) in [7, 11) is 1.38. The number of hydrogen-bond donors (Lipinski definition) is 1. The monoisotopic (exact) mass is 318 g/mol. The molecule has 1 aromatic heterocycles. The highest BCUT2D eigenvalue weighted by molar-refractivity contribution is 5.92. The summed E-state index contributed by atoms with van der Waals surface area (Å²) in [5, 5.41) is 2.92. The molecule has 2 saturated carbocycles. The molecule has 0 unspecified atom stereocenters. The highest BCUT2D eigenvalue weighted by atomic mass is 19.1. The average Bonchev–Trinajstić information content (AvgIpc) is 3.13. The van der Waals surface area contributed by atoms with Gasteiger partial charge in [-0.1, -0.05) is 0 Å². The number of pyridine rings is 1. The molecule has 0 aromatic carbocycles. The fourth-order valence-corrected chi connectivity index (χ4v) is 3.88. The quantitative estimate of drug-likeness (QED) is 0.680. The van der Waals surface area contributed by atoms with Crippen LogP contribution in [0, 0.1) is 23.6 Å². The van der Waals surface area contributed by atoms with Gasteiger partial charge in [-0.2, -0.15) is 0 Å². The molecule has 2 aliphatic rings. The molecule has 1 aromatic rings. The predicted molar refractivity (Wildman–Crippen MR) is 81.5 cm³/mol. The SMILES string of the molecule is COC(=O)[C@@H]1[C@H]2CC[C@@H](C2)[C@@H]1NC(=O)/C=C/c1cncc(F)c1. The number of methoxy groups -OCH3 is 1. The van der Waals surface area contributed by atoms with E-state index in [0.29, 0.717) is 17.4 Å². The summed E-state index contributed by atoms with van der Waals surface area (Å²) >= 11 is 0. The maximum atomic E-state index is 13.1. The number of carbonyl (C=O) groups is 2. The molecule has 0 radical (unpaired) electrons. The second kappa shape index (κ2) is 6.48. The van der Waals surface area contributed by atoms with E-state index in [1.165, 1.54) is 31.5 Å². The molecule has 1 N–H and O–H groups in total. The van der Waals surface area contributed by atoms with Gasteiger partial charge in [-0.25, -0.2) is 4.39 Å². The molecule has 0 aliphatic heterocycles. The normalized spacial score (nSPS) is 29.0. The average molecular weight is 318 g/mol. The summed E-state index contributed by atoms with van der Waals surface area (Å²) in [4.78, 5) is 27.8. The van der Waals surface area contributed by atoms with Gasteiger partial charge in [0, 0.05) is 18.3 Å². The molecule has 2 aliphatic carbocycles. The van der Waals surface area contributed by atoms with Gasteiger partial charge in [0.1, 0.15) is 5.82 Å². The van der Waals surface area contributed by atoms with E-state index in [4.69, 9.17) is 4.74 Å². The van der Waals surface area contributed by atoms with Gasteiger partial charge in [0.05, 0.1) is 19.2 Å². The van der Waals surface area contributed by atoms with Crippen LogP contribution < -0.4 is 5.32 Å². The molecule has 6 heteroatoms. The summed E-state index contributed by atoms with van der Waals surface area (Å²) < 4.78 is 17.9. The Kier molecular flexibility index (Phi) is 4.41. The first-order valence-electron chi connectivity index (χ1n) is 7.75. The van der Waals surface area contributed by atoms with Crippen molar-refractivity contribution in [2.75, 3.05) is 7.11 Å². The van der Waals surface area contributed by atoms with E-state index < -0.39 is 5.82 Å². The minimum absolute atomic E-state index is 0.177.